The Kier molecular flexibility index (Phi) is 15.3. The molecule has 0 N–H and O–H groups in total. The fraction of sp³-hybridized carbons (Fsp3) is 0.107. The van der Waals surface area contributed by atoms with Crippen molar-refractivity contribution in [2.45, 2.75) is 86.2 Å². The Hall–Kier alpha value is -18.2. The molecule has 0 saturated heterocycles. The van der Waals surface area contributed by atoms with Crippen LogP contribution in [0.3, 0.4) is 0 Å². The van der Waals surface area contributed by atoms with Crippen molar-refractivity contribution >= 4 is 65.4 Å². The molecule has 33 rings (SSSR count). The third kappa shape index (κ3) is 9.39. The molecule has 0 aliphatic carbocycles. The molecule has 9 aromatic carbocycles. The van der Waals surface area contributed by atoms with E-state index in [4.69, 9.17) is 29.2 Å². The highest BCUT2D eigenvalue weighted by atomic mass is 16.5. The molecule has 142 heavy (non-hydrogen) atoms. The second-order valence-electron chi connectivity index (χ2n) is 38.9. The van der Waals surface area contributed by atoms with Gasteiger partial charge < -0.3 is 14.2 Å². The molecular formula is C121H86N18O3+6. The van der Waals surface area contributed by atoms with Crippen LogP contribution in [0, 0.1) is 69.2 Å². The van der Waals surface area contributed by atoms with Crippen LogP contribution >= 0.6 is 0 Å². The van der Waals surface area contributed by atoms with Gasteiger partial charge in [0.2, 0.25) is 17.1 Å². The summed E-state index contributed by atoms with van der Waals surface area (Å²) in [6.45, 7) is 22.1. The molecule has 24 aromatic rings. The third-order valence-corrected chi connectivity index (χ3v) is 31.9. The molecule has 0 bridgehead atoms. The van der Waals surface area contributed by atoms with Crippen LogP contribution in [0.4, 0.5) is 0 Å². The molecule has 3 atom stereocenters. The first-order chi connectivity index (χ1) is 69.7. The number of rotatable bonds is 6. The first-order valence-electron chi connectivity index (χ1n) is 48.5. The van der Waals surface area contributed by atoms with Crippen LogP contribution in [0.15, 0.2) is 341 Å². The van der Waals surface area contributed by atoms with E-state index in [9.17, 15) is 0 Å². The largest absolute Gasteiger partial charge is 0.456 e. The highest BCUT2D eigenvalue weighted by Gasteiger charge is 2.74. The highest BCUT2D eigenvalue weighted by molar-refractivity contribution is 6.14. The van der Waals surface area contributed by atoms with Gasteiger partial charge in [0.1, 0.15) is 84.8 Å². The average molecular weight is 1840 g/mol. The molecule has 24 heterocycles. The highest BCUT2D eigenvalue weighted by Crippen LogP contribution is 2.62. The van der Waals surface area contributed by atoms with E-state index in [1.165, 1.54) is 93.5 Å². The second kappa shape index (κ2) is 27.6. The molecule has 3 unspecified atom stereocenters. The number of aromatic nitrogens is 18. The minimum atomic E-state index is -0.726. The van der Waals surface area contributed by atoms with E-state index in [-0.39, 0.29) is 0 Å². The number of hydrogen-bond donors (Lipinski definition) is 0. The second-order valence-corrected chi connectivity index (χ2v) is 38.9. The molecule has 0 fully saturated rings. The van der Waals surface area contributed by atoms with Crippen LogP contribution in [0.25, 0.3) is 167 Å². The van der Waals surface area contributed by atoms with Crippen LogP contribution in [0.2, 0.25) is 0 Å². The standard InChI is InChI=1S/C41H30N6O.2C40H28N6O/c1-23-22-30(29-13-7-9-20-42-29)43-24(2)36(23)37-25(3)46-32-15-11-16-33-38(32)41(47(46)26(37)4)39-34(48-33)19-18-28-27-12-5-6-14-31(27)45(40(28)39)35-17-8-10-21-44(35)41;1-23-20-27(26-10-9-18-41-21-26)22-42-38(23)35-24(2)45-31-13-8-14-32-36(31)40(46(45)25(35)3)37-33(47-32)17-16-29-28-11-4-5-12-30(28)44(39(29)37)34-15-6-7-19-43(34)40;1-23-21-27(26-16-18-41-19-17-26)22-42-38(23)35-24(2)45-31-11-8-12-32-36(31)40(46(45)25(35)3)37-33(47-32)15-14-29-28-9-4-5-10-30(28)44(39(29)37)34-13-6-7-20-43(34)40/h5-22H,1-4H3;2*4-22H,1-3H3/q3*+2. The zero-order valence-electron chi connectivity index (χ0n) is 79.1. The smallest absolute Gasteiger partial charge is 0.397 e. The minimum absolute atomic E-state index is 0.724. The van der Waals surface area contributed by atoms with Gasteiger partial charge >= 0.3 is 17.0 Å². The van der Waals surface area contributed by atoms with Crippen LogP contribution in [-0.2, 0) is 17.0 Å². The topological polar surface area (TPSA) is 158 Å². The zero-order chi connectivity index (χ0) is 94.4. The number of para-hydroxylation sites is 3. The fourth-order valence-electron chi connectivity index (χ4n) is 26.9. The Morgan fingerprint density at radius 3 is 1.08 bits per heavy atom. The minimum Gasteiger partial charge on any atom is -0.456 e. The summed E-state index contributed by atoms with van der Waals surface area (Å²) in [5.74, 6) is 8.63. The predicted molar refractivity (Wildman–Crippen MR) is 543 cm³/mol. The van der Waals surface area contributed by atoms with Crippen molar-refractivity contribution in [2.24, 2.45) is 0 Å². The number of aryl methyl sites for hydroxylation is 4. The summed E-state index contributed by atoms with van der Waals surface area (Å²) in [5, 5.41) is 7.38. The van der Waals surface area contributed by atoms with Crippen molar-refractivity contribution in [3.05, 3.63) is 431 Å². The lowest BCUT2D eigenvalue weighted by Crippen LogP contribution is -2.77. The number of pyridine rings is 9. The van der Waals surface area contributed by atoms with Crippen LogP contribution in [-0.4, -0.2) is 57.7 Å². The van der Waals surface area contributed by atoms with Gasteiger partial charge in [0.25, 0.3) is 17.5 Å². The van der Waals surface area contributed by atoms with Gasteiger partial charge in [0.05, 0.1) is 75.1 Å². The molecule has 15 aromatic heterocycles. The summed E-state index contributed by atoms with van der Waals surface area (Å²) in [5.41, 5.74) is 39.4. The molecule has 9 aliphatic rings. The third-order valence-electron chi connectivity index (χ3n) is 31.9. The molecule has 3 spiro atoms. The van der Waals surface area contributed by atoms with Crippen molar-refractivity contribution in [3.63, 3.8) is 0 Å². The Labute approximate surface area is 813 Å². The van der Waals surface area contributed by atoms with Crippen LogP contribution in [0.1, 0.15) is 89.9 Å². The van der Waals surface area contributed by atoms with E-state index in [2.05, 4.69) is 401 Å². The summed E-state index contributed by atoms with van der Waals surface area (Å²) in [7, 11) is 0. The lowest BCUT2D eigenvalue weighted by Gasteiger charge is -2.33. The lowest BCUT2D eigenvalue weighted by molar-refractivity contribution is -0.996. The fourth-order valence-corrected chi connectivity index (χ4v) is 26.9. The Balaban J connectivity index is 0.0000000977. The van der Waals surface area contributed by atoms with E-state index >= 15 is 0 Å². The van der Waals surface area contributed by atoms with Crippen molar-refractivity contribution in [1.82, 2.24) is 57.7 Å². The van der Waals surface area contributed by atoms with Crippen molar-refractivity contribution in [1.29, 1.82) is 0 Å². The predicted octanol–water partition coefficient (Wildman–Crippen LogP) is 22.0. The summed E-state index contributed by atoms with van der Waals surface area (Å²) < 4.78 is 50.0. The number of hydrogen-bond acceptors (Lipinski definition) is 9. The maximum atomic E-state index is 6.86. The number of nitrogens with zero attached hydrogens (tertiary/aromatic N) is 18. The number of benzene rings is 9. The molecule has 9 aliphatic heterocycles. The number of ether oxygens (including phenoxy) is 3. The molecule has 0 saturated carbocycles. The lowest BCUT2D eigenvalue weighted by atomic mass is 9.83. The normalized spacial score (nSPS) is 16.2. The van der Waals surface area contributed by atoms with Gasteiger partial charge in [-0.25, -0.2) is 0 Å². The van der Waals surface area contributed by atoms with Gasteiger partial charge in [-0.15, -0.1) is 14.0 Å². The van der Waals surface area contributed by atoms with Gasteiger partial charge in [0.15, 0.2) is 33.2 Å². The quantitative estimate of drug-likeness (QED) is 0.148. The van der Waals surface area contributed by atoms with Crippen LogP contribution in [0.5, 0.6) is 34.5 Å². The Morgan fingerprint density at radius 2 is 0.676 bits per heavy atom. The van der Waals surface area contributed by atoms with E-state index in [1.807, 2.05) is 73.6 Å². The van der Waals surface area contributed by atoms with E-state index in [0.29, 0.717) is 0 Å². The van der Waals surface area contributed by atoms with Gasteiger partial charge in [-0.3, -0.25) is 29.9 Å². The maximum Gasteiger partial charge on any atom is 0.397 e. The summed E-state index contributed by atoms with van der Waals surface area (Å²) >= 11 is 0. The first-order valence-corrected chi connectivity index (χ1v) is 48.5. The Bertz CT molecular complexity index is 9550. The SMILES string of the molecule is Cc1cc(-c2ccccn2)nc(C)c1-c1c(C)n2[n+](c1C)C13c4c(cccc4-2)Oc2ccc4c5ccccc5n(c4c21)-c1cccc[n+]13.Cc1cc(-c2cccnc2)cnc1-c1c(C)n2[n+](c1C)C13c4c(cccc4-2)Oc2ccc4c5ccccc5n(c4c21)-c1cccc[n+]13.Cc1cc(-c2ccncc2)cnc1-c1c(C)n2[n+](c1C)C13c4c(cccc4-2)Oc2ccc4c5ccccc5n(c4c21)-c1cccc[n+]13. The number of fused-ring (bicyclic) bond motifs is 21. The van der Waals surface area contributed by atoms with Crippen LogP contribution < -0.4 is 42.0 Å². The summed E-state index contributed by atoms with van der Waals surface area (Å²) in [4.78, 5) is 28.5. The first kappa shape index (κ1) is 78.9. The molecule has 21 nitrogen and oxygen atoms in total. The Morgan fingerprint density at radius 1 is 0.275 bits per heavy atom. The average Bonchev–Trinajstić information content (AvgIpc) is 1.47. The van der Waals surface area contributed by atoms with Gasteiger partial charge in [0, 0.05) is 143 Å². The maximum absolute atomic E-state index is 6.86. The zero-order valence-corrected chi connectivity index (χ0v) is 79.1. The van der Waals surface area contributed by atoms with E-state index in [0.717, 1.165) is 198 Å². The van der Waals surface area contributed by atoms with Gasteiger partial charge in [-0.05, 0) is 247 Å². The summed E-state index contributed by atoms with van der Waals surface area (Å²) in [6.07, 6.45) is 19.9. The van der Waals surface area contributed by atoms with Crippen molar-refractivity contribution in [2.75, 3.05) is 0 Å². The van der Waals surface area contributed by atoms with Crippen molar-refractivity contribution < 1.29 is 42.0 Å². The monoisotopic (exact) mass is 1840 g/mol. The molecule has 21 heteroatoms. The van der Waals surface area contributed by atoms with E-state index < -0.39 is 17.0 Å². The molecule has 672 valence electrons. The molecule has 0 radical (unpaired) electrons. The molecular weight excluding hydrogens is 1750 g/mol. The summed E-state index contributed by atoms with van der Waals surface area (Å²) in [6, 6.07) is 99.1. The van der Waals surface area contributed by atoms with Crippen molar-refractivity contribution in [3.8, 4) is 136 Å². The van der Waals surface area contributed by atoms with Gasteiger partial charge in [-0.1, -0.05) is 99.0 Å². The van der Waals surface area contributed by atoms with E-state index in [1.54, 1.807) is 6.20 Å². The van der Waals surface area contributed by atoms with Gasteiger partial charge in [-0.2, -0.15) is 27.4 Å². The molecule has 0 amide bonds.